The SMILES string of the molecule is CCc1cn[nH]c1NC(=O)C1(C)CCCCC1. The van der Waals surface area contributed by atoms with Crippen LogP contribution >= 0.6 is 0 Å². The number of aromatic nitrogens is 2. The van der Waals surface area contributed by atoms with Crippen LogP contribution in [-0.4, -0.2) is 16.1 Å². The molecule has 1 aromatic heterocycles. The van der Waals surface area contributed by atoms with E-state index in [9.17, 15) is 4.79 Å². The predicted molar refractivity (Wildman–Crippen MR) is 67.8 cm³/mol. The third kappa shape index (κ3) is 2.51. The smallest absolute Gasteiger partial charge is 0.231 e. The maximum Gasteiger partial charge on any atom is 0.231 e. The van der Waals surface area contributed by atoms with E-state index in [0.717, 1.165) is 43.5 Å². The van der Waals surface area contributed by atoms with Crippen LogP contribution in [0.1, 0.15) is 51.5 Å². The molecule has 4 heteroatoms. The number of nitrogens with one attached hydrogen (secondary N) is 2. The fourth-order valence-electron chi connectivity index (χ4n) is 2.51. The Morgan fingerprint density at radius 2 is 2.18 bits per heavy atom. The molecule has 1 heterocycles. The average Bonchev–Trinajstić information content (AvgIpc) is 2.77. The van der Waals surface area contributed by atoms with Gasteiger partial charge in [0.05, 0.1) is 6.20 Å². The summed E-state index contributed by atoms with van der Waals surface area (Å²) in [7, 11) is 0. The summed E-state index contributed by atoms with van der Waals surface area (Å²) in [6.45, 7) is 4.13. The number of carbonyl (C=O) groups is 1. The minimum absolute atomic E-state index is 0.135. The van der Waals surface area contributed by atoms with Gasteiger partial charge in [0.1, 0.15) is 5.82 Å². The average molecular weight is 235 g/mol. The first kappa shape index (κ1) is 12.1. The molecule has 0 aromatic carbocycles. The number of hydrogen-bond donors (Lipinski definition) is 2. The van der Waals surface area contributed by atoms with E-state index in [1.54, 1.807) is 6.20 Å². The first-order valence-electron chi connectivity index (χ1n) is 6.49. The molecule has 0 saturated heterocycles. The highest BCUT2D eigenvalue weighted by molar-refractivity contribution is 5.94. The van der Waals surface area contributed by atoms with E-state index >= 15 is 0 Å². The summed E-state index contributed by atoms with van der Waals surface area (Å²) in [6, 6.07) is 0. The molecule has 2 rings (SSSR count). The van der Waals surface area contributed by atoms with Crippen LogP contribution in [0.15, 0.2) is 6.20 Å². The van der Waals surface area contributed by atoms with Crippen molar-refractivity contribution in [2.45, 2.75) is 52.4 Å². The Bertz CT molecular complexity index is 391. The molecule has 0 radical (unpaired) electrons. The molecule has 1 fully saturated rings. The molecule has 0 spiro atoms. The second-order valence-corrected chi connectivity index (χ2v) is 5.20. The first-order valence-corrected chi connectivity index (χ1v) is 6.49. The molecule has 4 nitrogen and oxygen atoms in total. The fraction of sp³-hybridized carbons (Fsp3) is 0.692. The summed E-state index contributed by atoms with van der Waals surface area (Å²) in [5.41, 5.74) is 0.867. The summed E-state index contributed by atoms with van der Waals surface area (Å²) in [4.78, 5) is 12.3. The lowest BCUT2D eigenvalue weighted by molar-refractivity contribution is -0.126. The third-order valence-corrected chi connectivity index (χ3v) is 3.84. The lowest BCUT2D eigenvalue weighted by atomic mass is 9.75. The van der Waals surface area contributed by atoms with Crippen LogP contribution in [0.3, 0.4) is 0 Å². The molecule has 94 valence electrons. The normalized spacial score (nSPS) is 18.9. The van der Waals surface area contributed by atoms with Gasteiger partial charge < -0.3 is 5.32 Å². The lowest BCUT2D eigenvalue weighted by Gasteiger charge is -2.31. The summed E-state index contributed by atoms with van der Waals surface area (Å²) >= 11 is 0. The van der Waals surface area contributed by atoms with Crippen LogP contribution in [0.25, 0.3) is 0 Å². The Morgan fingerprint density at radius 1 is 1.47 bits per heavy atom. The van der Waals surface area contributed by atoms with E-state index in [4.69, 9.17) is 0 Å². The van der Waals surface area contributed by atoms with Crippen LogP contribution in [0.5, 0.6) is 0 Å². The molecule has 0 atom stereocenters. The molecule has 1 saturated carbocycles. The molecule has 0 aliphatic heterocycles. The molecule has 1 aliphatic rings. The van der Waals surface area contributed by atoms with E-state index in [0.29, 0.717) is 0 Å². The maximum absolute atomic E-state index is 12.3. The predicted octanol–water partition coefficient (Wildman–Crippen LogP) is 2.88. The van der Waals surface area contributed by atoms with Gasteiger partial charge in [-0.15, -0.1) is 0 Å². The Morgan fingerprint density at radius 3 is 2.82 bits per heavy atom. The zero-order valence-corrected chi connectivity index (χ0v) is 10.7. The van der Waals surface area contributed by atoms with E-state index < -0.39 is 0 Å². The standard InChI is InChI=1S/C13H21N3O/c1-3-10-9-14-16-11(10)15-12(17)13(2)7-5-4-6-8-13/h9H,3-8H2,1-2H3,(H2,14,15,16,17). The van der Waals surface area contributed by atoms with Crippen molar-refractivity contribution in [3.63, 3.8) is 0 Å². The van der Waals surface area contributed by atoms with Crippen LogP contribution in [0.2, 0.25) is 0 Å². The lowest BCUT2D eigenvalue weighted by Crippen LogP contribution is -2.35. The highest BCUT2D eigenvalue weighted by Crippen LogP contribution is 2.36. The second kappa shape index (κ2) is 4.90. The first-order chi connectivity index (χ1) is 8.15. The van der Waals surface area contributed by atoms with Crippen molar-refractivity contribution >= 4 is 11.7 Å². The minimum atomic E-state index is -0.200. The van der Waals surface area contributed by atoms with Crippen LogP contribution in [-0.2, 0) is 11.2 Å². The molecule has 17 heavy (non-hydrogen) atoms. The van der Waals surface area contributed by atoms with Gasteiger partial charge in [0.2, 0.25) is 5.91 Å². The van der Waals surface area contributed by atoms with E-state index in [1.165, 1.54) is 6.42 Å². The van der Waals surface area contributed by atoms with Gasteiger partial charge in [-0.2, -0.15) is 5.10 Å². The summed E-state index contributed by atoms with van der Waals surface area (Å²) in [5, 5.41) is 9.83. The van der Waals surface area contributed by atoms with Gasteiger partial charge in [-0.25, -0.2) is 0 Å². The van der Waals surface area contributed by atoms with Crippen molar-refractivity contribution in [2.75, 3.05) is 5.32 Å². The second-order valence-electron chi connectivity index (χ2n) is 5.20. The quantitative estimate of drug-likeness (QED) is 0.846. The zero-order chi connectivity index (χ0) is 12.3. The van der Waals surface area contributed by atoms with Gasteiger partial charge in [-0.1, -0.05) is 33.1 Å². The molecular weight excluding hydrogens is 214 g/mol. The van der Waals surface area contributed by atoms with Gasteiger partial charge in [0.15, 0.2) is 0 Å². The van der Waals surface area contributed by atoms with Gasteiger partial charge in [-0.3, -0.25) is 9.89 Å². The number of hydrogen-bond acceptors (Lipinski definition) is 2. The Kier molecular flexibility index (Phi) is 3.50. The largest absolute Gasteiger partial charge is 0.310 e. The number of aryl methyl sites for hydroxylation is 1. The van der Waals surface area contributed by atoms with E-state index in [1.807, 2.05) is 0 Å². The Hall–Kier alpha value is -1.32. The molecule has 0 bridgehead atoms. The van der Waals surface area contributed by atoms with Crippen molar-refractivity contribution in [3.8, 4) is 0 Å². The topological polar surface area (TPSA) is 57.8 Å². The van der Waals surface area contributed by atoms with E-state index in [-0.39, 0.29) is 11.3 Å². The van der Waals surface area contributed by atoms with Gasteiger partial charge >= 0.3 is 0 Å². The molecule has 1 aliphatic carbocycles. The summed E-state index contributed by atoms with van der Waals surface area (Å²) in [5.74, 6) is 0.903. The number of aromatic amines is 1. The summed E-state index contributed by atoms with van der Waals surface area (Å²) in [6.07, 6.45) is 8.22. The minimum Gasteiger partial charge on any atom is -0.310 e. The number of anilines is 1. The van der Waals surface area contributed by atoms with Gasteiger partial charge in [0, 0.05) is 11.0 Å². The maximum atomic E-state index is 12.3. The van der Waals surface area contributed by atoms with Crippen LogP contribution in [0.4, 0.5) is 5.82 Å². The van der Waals surface area contributed by atoms with Crippen LogP contribution < -0.4 is 5.32 Å². The molecule has 1 amide bonds. The number of carbonyl (C=O) groups excluding carboxylic acids is 1. The highest BCUT2D eigenvalue weighted by Gasteiger charge is 2.34. The molecule has 2 N–H and O–H groups in total. The molecule has 1 aromatic rings. The third-order valence-electron chi connectivity index (χ3n) is 3.84. The van der Waals surface area contributed by atoms with Crippen molar-refractivity contribution in [1.82, 2.24) is 10.2 Å². The number of rotatable bonds is 3. The zero-order valence-electron chi connectivity index (χ0n) is 10.7. The summed E-state index contributed by atoms with van der Waals surface area (Å²) < 4.78 is 0. The highest BCUT2D eigenvalue weighted by atomic mass is 16.2. The number of H-pyrrole nitrogens is 1. The Balaban J connectivity index is 2.05. The molecule has 0 unspecified atom stereocenters. The number of nitrogens with zero attached hydrogens (tertiary/aromatic N) is 1. The van der Waals surface area contributed by atoms with E-state index in [2.05, 4.69) is 29.4 Å². The van der Waals surface area contributed by atoms with Crippen molar-refractivity contribution < 1.29 is 4.79 Å². The monoisotopic (exact) mass is 235 g/mol. The van der Waals surface area contributed by atoms with Crippen LogP contribution in [0, 0.1) is 5.41 Å². The van der Waals surface area contributed by atoms with Crippen molar-refractivity contribution in [2.24, 2.45) is 5.41 Å². The molecular formula is C13H21N3O. The van der Waals surface area contributed by atoms with Gasteiger partial charge in [-0.05, 0) is 19.3 Å². The van der Waals surface area contributed by atoms with Crippen molar-refractivity contribution in [1.29, 1.82) is 0 Å². The fourth-order valence-corrected chi connectivity index (χ4v) is 2.51. The number of amides is 1. The Labute approximate surface area is 102 Å². The van der Waals surface area contributed by atoms with Gasteiger partial charge in [0.25, 0.3) is 0 Å². The van der Waals surface area contributed by atoms with Crippen molar-refractivity contribution in [3.05, 3.63) is 11.8 Å².